The molecule has 0 unspecified atom stereocenters. The fraction of sp³-hybridized carbons (Fsp3) is 0.241. The SMILES string of the molecule is CCCCCCOc1ccc(C(=O)Nc2c(C(=O)c3ccc(C)c(F)c3)oc3ccccc23)cc1. The maximum atomic E-state index is 14.1. The van der Waals surface area contributed by atoms with Crippen LogP contribution in [0.25, 0.3) is 11.0 Å². The van der Waals surface area contributed by atoms with Crippen molar-refractivity contribution in [2.45, 2.75) is 39.5 Å². The topological polar surface area (TPSA) is 68.5 Å². The lowest BCUT2D eigenvalue weighted by Crippen LogP contribution is -2.14. The molecule has 0 bridgehead atoms. The second kappa shape index (κ2) is 11.0. The first-order valence-electron chi connectivity index (χ1n) is 11.8. The first kappa shape index (κ1) is 24.2. The highest BCUT2D eigenvalue weighted by Crippen LogP contribution is 2.33. The number of hydrogen-bond donors (Lipinski definition) is 1. The van der Waals surface area contributed by atoms with E-state index in [-0.39, 0.29) is 17.0 Å². The standard InChI is InChI=1S/C29H28FNO4/c1-3-4-5-8-17-34-22-15-13-20(14-16-22)29(33)31-26-23-9-6-7-10-25(23)35-28(26)27(32)21-12-11-19(2)24(30)18-21/h6-7,9-16,18H,3-5,8,17H2,1-2H3,(H,31,33). The van der Waals surface area contributed by atoms with Gasteiger partial charge in [0.25, 0.3) is 5.91 Å². The Balaban J connectivity index is 1.55. The molecule has 0 spiro atoms. The van der Waals surface area contributed by atoms with E-state index in [1.165, 1.54) is 25.0 Å². The van der Waals surface area contributed by atoms with Crippen LogP contribution in [-0.4, -0.2) is 18.3 Å². The summed E-state index contributed by atoms with van der Waals surface area (Å²) in [5.41, 5.74) is 1.70. The quantitative estimate of drug-likeness (QED) is 0.193. The van der Waals surface area contributed by atoms with Crippen LogP contribution in [0.3, 0.4) is 0 Å². The lowest BCUT2D eigenvalue weighted by atomic mass is 10.0. The van der Waals surface area contributed by atoms with Gasteiger partial charge in [0.05, 0.1) is 12.3 Å². The maximum Gasteiger partial charge on any atom is 0.255 e. The van der Waals surface area contributed by atoms with E-state index in [0.717, 1.165) is 12.8 Å². The summed E-state index contributed by atoms with van der Waals surface area (Å²) in [7, 11) is 0. The summed E-state index contributed by atoms with van der Waals surface area (Å²) >= 11 is 0. The van der Waals surface area contributed by atoms with Crippen LogP contribution in [0.1, 0.15) is 64.6 Å². The molecule has 0 saturated carbocycles. The van der Waals surface area contributed by atoms with Crippen LogP contribution < -0.4 is 10.1 Å². The van der Waals surface area contributed by atoms with Crippen LogP contribution in [0.15, 0.2) is 71.1 Å². The van der Waals surface area contributed by atoms with Gasteiger partial charge in [0.2, 0.25) is 5.78 Å². The molecule has 0 saturated heterocycles. The van der Waals surface area contributed by atoms with Crippen LogP contribution in [0.4, 0.5) is 10.1 Å². The van der Waals surface area contributed by atoms with Gasteiger partial charge in [0.1, 0.15) is 17.1 Å². The van der Waals surface area contributed by atoms with E-state index in [4.69, 9.17) is 9.15 Å². The maximum absolute atomic E-state index is 14.1. The van der Waals surface area contributed by atoms with E-state index in [1.807, 2.05) is 0 Å². The molecule has 4 aromatic rings. The number of halogens is 1. The van der Waals surface area contributed by atoms with Crippen molar-refractivity contribution < 1.29 is 23.1 Å². The molecule has 1 amide bonds. The van der Waals surface area contributed by atoms with Gasteiger partial charge < -0.3 is 14.5 Å². The fourth-order valence-electron chi connectivity index (χ4n) is 3.80. The second-order valence-electron chi connectivity index (χ2n) is 8.48. The Bertz CT molecular complexity index is 1340. The highest BCUT2D eigenvalue weighted by atomic mass is 19.1. The van der Waals surface area contributed by atoms with Crippen molar-refractivity contribution >= 4 is 28.3 Å². The number of carbonyl (C=O) groups excluding carboxylic acids is 2. The summed E-state index contributed by atoms with van der Waals surface area (Å²) in [6, 6.07) is 18.2. The minimum Gasteiger partial charge on any atom is -0.494 e. The Labute approximate surface area is 203 Å². The number of nitrogens with one attached hydrogen (secondary N) is 1. The van der Waals surface area contributed by atoms with Crippen molar-refractivity contribution in [2.75, 3.05) is 11.9 Å². The molecule has 35 heavy (non-hydrogen) atoms. The summed E-state index contributed by atoms with van der Waals surface area (Å²) in [6.07, 6.45) is 4.48. The summed E-state index contributed by atoms with van der Waals surface area (Å²) in [5.74, 6) is -0.735. The van der Waals surface area contributed by atoms with E-state index in [0.29, 0.717) is 34.5 Å². The molecule has 0 fully saturated rings. The molecule has 0 aliphatic heterocycles. The number of carbonyl (C=O) groups is 2. The zero-order valence-electron chi connectivity index (χ0n) is 19.9. The van der Waals surface area contributed by atoms with E-state index < -0.39 is 17.5 Å². The first-order valence-corrected chi connectivity index (χ1v) is 11.8. The van der Waals surface area contributed by atoms with Crippen LogP contribution in [0.2, 0.25) is 0 Å². The summed E-state index contributed by atoms with van der Waals surface area (Å²) in [5, 5.41) is 3.41. The van der Waals surface area contributed by atoms with Crippen molar-refractivity contribution in [2.24, 2.45) is 0 Å². The van der Waals surface area contributed by atoms with Crippen LogP contribution in [0, 0.1) is 12.7 Å². The van der Waals surface area contributed by atoms with Crippen molar-refractivity contribution in [1.82, 2.24) is 0 Å². The number of ketones is 1. The molecule has 5 nitrogen and oxygen atoms in total. The minimum absolute atomic E-state index is 0.0464. The predicted molar refractivity (Wildman–Crippen MR) is 135 cm³/mol. The zero-order chi connectivity index (χ0) is 24.8. The van der Waals surface area contributed by atoms with Gasteiger partial charge in [-0.25, -0.2) is 4.39 Å². The molecule has 180 valence electrons. The highest BCUT2D eigenvalue weighted by molar-refractivity contribution is 6.18. The largest absolute Gasteiger partial charge is 0.494 e. The zero-order valence-corrected chi connectivity index (χ0v) is 19.9. The fourth-order valence-corrected chi connectivity index (χ4v) is 3.80. The van der Waals surface area contributed by atoms with Gasteiger partial charge in [0, 0.05) is 16.5 Å². The van der Waals surface area contributed by atoms with Crippen molar-refractivity contribution in [3.63, 3.8) is 0 Å². The first-order chi connectivity index (χ1) is 17.0. The molecule has 4 rings (SSSR count). The van der Waals surface area contributed by atoms with Crippen molar-refractivity contribution in [3.8, 4) is 5.75 Å². The molecule has 6 heteroatoms. The summed E-state index contributed by atoms with van der Waals surface area (Å²) in [4.78, 5) is 26.2. The Morgan fingerprint density at radius 1 is 0.943 bits per heavy atom. The number of hydrogen-bond acceptors (Lipinski definition) is 4. The second-order valence-corrected chi connectivity index (χ2v) is 8.48. The molecule has 0 atom stereocenters. The molecule has 1 N–H and O–H groups in total. The van der Waals surface area contributed by atoms with E-state index >= 15 is 0 Å². The number of benzene rings is 3. The molecular weight excluding hydrogens is 445 g/mol. The monoisotopic (exact) mass is 473 g/mol. The number of rotatable bonds is 10. The van der Waals surface area contributed by atoms with Gasteiger partial charge in [-0.15, -0.1) is 0 Å². The number of ether oxygens (including phenoxy) is 1. The molecule has 0 aliphatic carbocycles. The Hall–Kier alpha value is -3.93. The van der Waals surface area contributed by atoms with Gasteiger partial charge >= 0.3 is 0 Å². The minimum atomic E-state index is -0.512. The number of furan rings is 1. The Kier molecular flexibility index (Phi) is 7.60. The van der Waals surface area contributed by atoms with E-state index in [2.05, 4.69) is 12.2 Å². The van der Waals surface area contributed by atoms with Gasteiger partial charge in [-0.05, 0) is 61.4 Å². The number of amides is 1. The summed E-state index contributed by atoms with van der Waals surface area (Å²) < 4.78 is 25.6. The van der Waals surface area contributed by atoms with Crippen molar-refractivity contribution in [1.29, 1.82) is 0 Å². The molecule has 0 radical (unpaired) electrons. The lowest BCUT2D eigenvalue weighted by molar-refractivity contribution is 0.101. The van der Waals surface area contributed by atoms with Gasteiger partial charge in [-0.2, -0.15) is 0 Å². The third-order valence-corrected chi connectivity index (χ3v) is 5.86. The van der Waals surface area contributed by atoms with Gasteiger partial charge in [-0.1, -0.05) is 50.5 Å². The number of anilines is 1. The normalized spacial score (nSPS) is 10.9. The number of para-hydroxylation sites is 1. The van der Waals surface area contributed by atoms with Crippen LogP contribution >= 0.6 is 0 Å². The Morgan fingerprint density at radius 3 is 2.43 bits per heavy atom. The highest BCUT2D eigenvalue weighted by Gasteiger charge is 2.24. The lowest BCUT2D eigenvalue weighted by Gasteiger charge is -2.09. The number of unbranched alkanes of at least 4 members (excludes halogenated alkanes) is 3. The van der Waals surface area contributed by atoms with Crippen LogP contribution in [0.5, 0.6) is 5.75 Å². The third-order valence-electron chi connectivity index (χ3n) is 5.86. The molecule has 0 aliphatic rings. The van der Waals surface area contributed by atoms with Crippen LogP contribution in [-0.2, 0) is 0 Å². The third kappa shape index (κ3) is 5.60. The van der Waals surface area contributed by atoms with E-state index in [1.54, 1.807) is 61.5 Å². The van der Waals surface area contributed by atoms with Gasteiger partial charge in [-0.3, -0.25) is 9.59 Å². The van der Waals surface area contributed by atoms with Gasteiger partial charge in [0.15, 0.2) is 5.76 Å². The average molecular weight is 474 g/mol. The van der Waals surface area contributed by atoms with Crippen molar-refractivity contribution in [3.05, 3.63) is 95.0 Å². The number of aryl methyl sites for hydroxylation is 1. The summed E-state index contributed by atoms with van der Waals surface area (Å²) in [6.45, 7) is 4.43. The predicted octanol–water partition coefficient (Wildman–Crippen LogP) is 7.32. The molecule has 3 aromatic carbocycles. The molecule has 1 aromatic heterocycles. The molecular formula is C29H28FNO4. The smallest absolute Gasteiger partial charge is 0.255 e. The Morgan fingerprint density at radius 2 is 1.69 bits per heavy atom. The van der Waals surface area contributed by atoms with E-state index in [9.17, 15) is 14.0 Å². The molecule has 1 heterocycles. The average Bonchev–Trinajstić information content (AvgIpc) is 3.23. The number of fused-ring (bicyclic) bond motifs is 1.